The molecule has 2 atom stereocenters. The summed E-state index contributed by atoms with van der Waals surface area (Å²) in [5.41, 5.74) is 2.86. The zero-order valence-electron chi connectivity index (χ0n) is 11.2. The monoisotopic (exact) mass is 255 g/mol. The SMILES string of the molecule is Cc1ccc(N2C(=O)C3CC=CCC3C2=O)c(C)c1. The molecule has 0 saturated carbocycles. The quantitative estimate of drug-likeness (QED) is 0.571. The fourth-order valence-corrected chi connectivity index (χ4v) is 3.09. The third-order valence-electron chi connectivity index (χ3n) is 4.10. The Morgan fingerprint density at radius 3 is 2.11 bits per heavy atom. The lowest BCUT2D eigenvalue weighted by Crippen LogP contribution is -2.31. The molecule has 1 fully saturated rings. The third kappa shape index (κ3) is 1.81. The molecule has 1 heterocycles. The minimum absolute atomic E-state index is 0.0358. The summed E-state index contributed by atoms with van der Waals surface area (Å²) in [6, 6.07) is 5.84. The van der Waals surface area contributed by atoms with Crippen LogP contribution in [0.1, 0.15) is 24.0 Å². The minimum atomic E-state index is -0.154. The maximum Gasteiger partial charge on any atom is 0.238 e. The lowest BCUT2D eigenvalue weighted by atomic mass is 9.85. The van der Waals surface area contributed by atoms with Crippen molar-refractivity contribution in [3.05, 3.63) is 41.5 Å². The number of hydrogen-bond donors (Lipinski definition) is 0. The first-order valence-corrected chi connectivity index (χ1v) is 6.69. The van der Waals surface area contributed by atoms with Gasteiger partial charge in [-0.1, -0.05) is 29.8 Å². The number of nitrogens with zero attached hydrogens (tertiary/aromatic N) is 1. The van der Waals surface area contributed by atoms with Crippen LogP contribution in [0.15, 0.2) is 30.4 Å². The highest BCUT2D eigenvalue weighted by Gasteiger charge is 2.48. The standard InChI is InChI=1S/C16H17NO2/c1-10-7-8-14(11(2)9-10)17-15(18)12-5-3-4-6-13(12)16(17)19/h3-4,7-9,12-13H,5-6H2,1-2H3. The van der Waals surface area contributed by atoms with Gasteiger partial charge in [-0.15, -0.1) is 0 Å². The number of aryl methyl sites for hydroxylation is 2. The summed E-state index contributed by atoms with van der Waals surface area (Å²) in [6.45, 7) is 3.96. The predicted octanol–water partition coefficient (Wildman–Crippen LogP) is 2.76. The normalized spacial score (nSPS) is 25.9. The Balaban J connectivity index is 2.02. The van der Waals surface area contributed by atoms with E-state index in [1.165, 1.54) is 4.90 Å². The molecule has 1 saturated heterocycles. The van der Waals surface area contributed by atoms with Crippen LogP contribution in [-0.2, 0) is 9.59 Å². The largest absolute Gasteiger partial charge is 0.274 e. The van der Waals surface area contributed by atoms with E-state index < -0.39 is 0 Å². The molecule has 98 valence electrons. The van der Waals surface area contributed by atoms with Crippen molar-refractivity contribution in [2.75, 3.05) is 4.90 Å². The van der Waals surface area contributed by atoms with E-state index in [0.717, 1.165) is 16.8 Å². The highest BCUT2D eigenvalue weighted by molar-refractivity contribution is 6.22. The fraction of sp³-hybridized carbons (Fsp3) is 0.375. The Labute approximate surface area is 112 Å². The molecule has 1 aromatic carbocycles. The van der Waals surface area contributed by atoms with Crippen LogP contribution in [0.3, 0.4) is 0 Å². The summed E-state index contributed by atoms with van der Waals surface area (Å²) in [5, 5.41) is 0. The Hall–Kier alpha value is -1.90. The van der Waals surface area contributed by atoms with E-state index in [9.17, 15) is 9.59 Å². The second-order valence-corrected chi connectivity index (χ2v) is 5.46. The first kappa shape index (κ1) is 12.2. The van der Waals surface area contributed by atoms with E-state index in [1.807, 2.05) is 44.2 Å². The van der Waals surface area contributed by atoms with Crippen LogP contribution in [0.2, 0.25) is 0 Å². The van der Waals surface area contributed by atoms with Crippen molar-refractivity contribution in [2.24, 2.45) is 11.8 Å². The number of anilines is 1. The molecule has 3 nitrogen and oxygen atoms in total. The maximum atomic E-state index is 12.5. The summed E-state index contributed by atoms with van der Waals surface area (Å²) < 4.78 is 0. The zero-order valence-corrected chi connectivity index (χ0v) is 11.2. The van der Waals surface area contributed by atoms with Gasteiger partial charge in [-0.25, -0.2) is 4.90 Å². The van der Waals surface area contributed by atoms with Gasteiger partial charge in [0.2, 0.25) is 11.8 Å². The molecule has 0 aromatic heterocycles. The van der Waals surface area contributed by atoms with E-state index in [0.29, 0.717) is 12.8 Å². The van der Waals surface area contributed by atoms with Crippen LogP contribution >= 0.6 is 0 Å². The summed E-state index contributed by atoms with van der Waals surface area (Å²) in [4.78, 5) is 26.3. The van der Waals surface area contributed by atoms with Gasteiger partial charge in [0.25, 0.3) is 0 Å². The van der Waals surface area contributed by atoms with Crippen LogP contribution in [0.4, 0.5) is 5.69 Å². The van der Waals surface area contributed by atoms with Gasteiger partial charge in [-0.3, -0.25) is 9.59 Å². The first-order valence-electron chi connectivity index (χ1n) is 6.69. The van der Waals surface area contributed by atoms with E-state index in [4.69, 9.17) is 0 Å². The van der Waals surface area contributed by atoms with Crippen molar-refractivity contribution in [1.82, 2.24) is 0 Å². The number of benzene rings is 1. The van der Waals surface area contributed by atoms with Crippen molar-refractivity contribution in [2.45, 2.75) is 26.7 Å². The molecule has 0 bridgehead atoms. The van der Waals surface area contributed by atoms with Gasteiger partial charge in [0.05, 0.1) is 17.5 Å². The van der Waals surface area contributed by atoms with Gasteiger partial charge in [-0.05, 0) is 38.3 Å². The molecule has 2 amide bonds. The number of carbonyl (C=O) groups excluding carboxylic acids is 2. The van der Waals surface area contributed by atoms with Crippen molar-refractivity contribution in [1.29, 1.82) is 0 Å². The molecule has 1 aliphatic heterocycles. The van der Waals surface area contributed by atoms with E-state index in [-0.39, 0.29) is 23.7 Å². The number of allylic oxidation sites excluding steroid dienone is 2. The molecule has 19 heavy (non-hydrogen) atoms. The molecule has 1 aromatic rings. The Morgan fingerprint density at radius 2 is 1.58 bits per heavy atom. The molecule has 3 heteroatoms. The highest BCUT2D eigenvalue weighted by atomic mass is 16.2. The molecule has 0 N–H and O–H groups in total. The highest BCUT2D eigenvalue weighted by Crippen LogP contribution is 2.38. The Kier molecular flexibility index (Phi) is 2.77. The predicted molar refractivity (Wildman–Crippen MR) is 73.8 cm³/mol. The number of carbonyl (C=O) groups is 2. The summed E-state index contributed by atoms with van der Waals surface area (Å²) >= 11 is 0. The number of imide groups is 1. The van der Waals surface area contributed by atoms with Crippen molar-refractivity contribution in [3.8, 4) is 0 Å². The lowest BCUT2D eigenvalue weighted by molar-refractivity contribution is -0.122. The van der Waals surface area contributed by atoms with E-state index >= 15 is 0 Å². The van der Waals surface area contributed by atoms with Crippen LogP contribution < -0.4 is 4.90 Å². The number of rotatable bonds is 1. The van der Waals surface area contributed by atoms with Gasteiger partial charge < -0.3 is 0 Å². The molecule has 1 aliphatic carbocycles. The van der Waals surface area contributed by atoms with E-state index in [2.05, 4.69) is 0 Å². The van der Waals surface area contributed by atoms with Crippen LogP contribution in [0.5, 0.6) is 0 Å². The second-order valence-electron chi connectivity index (χ2n) is 5.46. The average Bonchev–Trinajstić information content (AvgIpc) is 2.64. The number of fused-ring (bicyclic) bond motifs is 1. The fourth-order valence-electron chi connectivity index (χ4n) is 3.09. The van der Waals surface area contributed by atoms with Crippen molar-refractivity contribution < 1.29 is 9.59 Å². The molecule has 0 spiro atoms. The minimum Gasteiger partial charge on any atom is -0.274 e. The average molecular weight is 255 g/mol. The van der Waals surface area contributed by atoms with E-state index in [1.54, 1.807) is 0 Å². The van der Waals surface area contributed by atoms with Gasteiger partial charge in [0, 0.05) is 0 Å². The first-order chi connectivity index (χ1) is 9.09. The molecule has 0 radical (unpaired) electrons. The maximum absolute atomic E-state index is 12.5. The molecule has 2 unspecified atom stereocenters. The Bertz CT molecular complexity index is 562. The smallest absolute Gasteiger partial charge is 0.238 e. The summed E-state index contributed by atoms with van der Waals surface area (Å²) in [6.07, 6.45) is 5.41. The molecular formula is C16H17NO2. The zero-order chi connectivity index (χ0) is 13.6. The summed E-state index contributed by atoms with van der Waals surface area (Å²) in [7, 11) is 0. The second kappa shape index (κ2) is 4.34. The van der Waals surface area contributed by atoms with Crippen LogP contribution in [0.25, 0.3) is 0 Å². The van der Waals surface area contributed by atoms with Gasteiger partial charge in [0.15, 0.2) is 0 Å². The summed E-state index contributed by atoms with van der Waals surface area (Å²) in [5.74, 6) is -0.381. The van der Waals surface area contributed by atoms with Crippen molar-refractivity contribution in [3.63, 3.8) is 0 Å². The number of hydrogen-bond acceptors (Lipinski definition) is 2. The van der Waals surface area contributed by atoms with Gasteiger partial charge in [0.1, 0.15) is 0 Å². The van der Waals surface area contributed by atoms with Crippen LogP contribution in [0, 0.1) is 25.7 Å². The van der Waals surface area contributed by atoms with Gasteiger partial charge >= 0.3 is 0 Å². The van der Waals surface area contributed by atoms with Crippen molar-refractivity contribution >= 4 is 17.5 Å². The van der Waals surface area contributed by atoms with Gasteiger partial charge in [-0.2, -0.15) is 0 Å². The molecular weight excluding hydrogens is 238 g/mol. The Morgan fingerprint density at radius 1 is 1.00 bits per heavy atom. The third-order valence-corrected chi connectivity index (χ3v) is 4.10. The van der Waals surface area contributed by atoms with Crippen LogP contribution in [-0.4, -0.2) is 11.8 Å². The molecule has 2 aliphatic rings. The lowest BCUT2D eigenvalue weighted by Gasteiger charge is -2.17. The number of amides is 2. The molecule has 3 rings (SSSR count). The topological polar surface area (TPSA) is 37.4 Å².